The minimum absolute atomic E-state index is 0.0910. The summed E-state index contributed by atoms with van der Waals surface area (Å²) in [5.41, 5.74) is -0.774. The van der Waals surface area contributed by atoms with Gasteiger partial charge in [0.2, 0.25) is 5.82 Å². The van der Waals surface area contributed by atoms with Gasteiger partial charge in [0.05, 0.1) is 0 Å². The van der Waals surface area contributed by atoms with Gasteiger partial charge in [-0.25, -0.2) is 18.0 Å². The molecule has 1 aromatic carbocycles. The highest BCUT2D eigenvalue weighted by Crippen LogP contribution is 2.30. The predicted molar refractivity (Wildman–Crippen MR) is 53.4 cm³/mol. The Morgan fingerprint density at radius 2 is 1.72 bits per heavy atom. The summed E-state index contributed by atoms with van der Waals surface area (Å²) in [7, 11) is 0. The van der Waals surface area contributed by atoms with Crippen LogP contribution in [0.25, 0.3) is 0 Å². The summed E-state index contributed by atoms with van der Waals surface area (Å²) in [5, 5.41) is 8.67. The number of hydrogen-bond acceptors (Lipinski definition) is 2. The molecule has 7 heteroatoms. The van der Waals surface area contributed by atoms with E-state index in [9.17, 15) is 22.4 Å². The lowest BCUT2D eigenvalue weighted by Crippen LogP contribution is -2.27. The standard InChI is InChI=1S/C11H10F4O3/c1-3-5(11(16)17)18-10-7(13)4(2)6(12)8(14)9(10)15/h5H,3H2,1-2H3,(H,16,17). The van der Waals surface area contributed by atoms with Crippen molar-refractivity contribution in [2.75, 3.05) is 0 Å². The van der Waals surface area contributed by atoms with Crippen molar-refractivity contribution in [2.45, 2.75) is 26.4 Å². The van der Waals surface area contributed by atoms with E-state index >= 15 is 0 Å². The average Bonchev–Trinajstić information content (AvgIpc) is 2.34. The van der Waals surface area contributed by atoms with Crippen LogP contribution >= 0.6 is 0 Å². The number of carboxylic acid groups (broad SMARTS) is 1. The molecule has 0 amide bonds. The first-order valence-corrected chi connectivity index (χ1v) is 5.03. The highest BCUT2D eigenvalue weighted by molar-refractivity contribution is 5.72. The minimum atomic E-state index is -1.90. The highest BCUT2D eigenvalue weighted by atomic mass is 19.2. The Morgan fingerprint density at radius 1 is 1.17 bits per heavy atom. The van der Waals surface area contributed by atoms with Gasteiger partial charge >= 0.3 is 5.97 Å². The SMILES string of the molecule is CCC(Oc1c(F)c(C)c(F)c(F)c1F)C(=O)O. The maximum atomic E-state index is 13.5. The van der Waals surface area contributed by atoms with Gasteiger partial charge in [0.1, 0.15) is 0 Å². The second kappa shape index (κ2) is 5.24. The largest absolute Gasteiger partial charge is 0.479 e. The van der Waals surface area contributed by atoms with Crippen LogP contribution in [0.3, 0.4) is 0 Å². The highest BCUT2D eigenvalue weighted by Gasteiger charge is 2.28. The molecule has 0 heterocycles. The summed E-state index contributed by atoms with van der Waals surface area (Å²) in [6.45, 7) is 2.29. The fraction of sp³-hybridized carbons (Fsp3) is 0.364. The third-order valence-corrected chi connectivity index (χ3v) is 2.35. The van der Waals surface area contributed by atoms with E-state index in [0.717, 1.165) is 6.92 Å². The third kappa shape index (κ3) is 2.39. The number of carboxylic acids is 1. The quantitative estimate of drug-likeness (QED) is 0.518. The van der Waals surface area contributed by atoms with E-state index in [4.69, 9.17) is 5.11 Å². The van der Waals surface area contributed by atoms with Crippen LogP contribution in [0.1, 0.15) is 18.9 Å². The first-order chi connectivity index (χ1) is 8.31. The second-order valence-electron chi connectivity index (χ2n) is 3.56. The van der Waals surface area contributed by atoms with Crippen molar-refractivity contribution in [1.29, 1.82) is 0 Å². The smallest absolute Gasteiger partial charge is 0.344 e. The van der Waals surface area contributed by atoms with E-state index < -0.39 is 46.7 Å². The third-order valence-electron chi connectivity index (χ3n) is 2.35. The fourth-order valence-corrected chi connectivity index (χ4v) is 1.28. The van der Waals surface area contributed by atoms with Gasteiger partial charge in [0, 0.05) is 5.56 Å². The molecule has 0 aromatic heterocycles. The summed E-state index contributed by atoms with van der Waals surface area (Å²) >= 11 is 0. The number of hydrogen-bond donors (Lipinski definition) is 1. The van der Waals surface area contributed by atoms with Gasteiger partial charge < -0.3 is 9.84 Å². The van der Waals surface area contributed by atoms with Gasteiger partial charge in [0.15, 0.2) is 29.3 Å². The average molecular weight is 266 g/mol. The molecule has 0 aliphatic rings. The van der Waals surface area contributed by atoms with Crippen LogP contribution in [0.2, 0.25) is 0 Å². The maximum absolute atomic E-state index is 13.5. The summed E-state index contributed by atoms with van der Waals surface area (Å²) in [6.07, 6.45) is -1.63. The van der Waals surface area contributed by atoms with Crippen LogP contribution in [0.15, 0.2) is 0 Å². The van der Waals surface area contributed by atoms with Gasteiger partial charge in [-0.1, -0.05) is 6.92 Å². The first kappa shape index (κ1) is 14.3. The molecular formula is C11H10F4O3. The molecule has 0 saturated carbocycles. The molecule has 0 saturated heterocycles. The molecule has 1 aromatic rings. The van der Waals surface area contributed by atoms with Crippen LogP contribution < -0.4 is 4.74 Å². The second-order valence-corrected chi connectivity index (χ2v) is 3.56. The van der Waals surface area contributed by atoms with Gasteiger partial charge in [-0.2, -0.15) is 4.39 Å². The van der Waals surface area contributed by atoms with Crippen molar-refractivity contribution < 1.29 is 32.2 Å². The first-order valence-electron chi connectivity index (χ1n) is 5.03. The molecule has 1 rings (SSSR count). The molecule has 0 fully saturated rings. The molecule has 1 N–H and O–H groups in total. The normalized spacial score (nSPS) is 12.3. The summed E-state index contributed by atoms with van der Waals surface area (Å²) in [5.74, 6) is -9.58. The zero-order valence-corrected chi connectivity index (χ0v) is 9.56. The van der Waals surface area contributed by atoms with Crippen molar-refractivity contribution >= 4 is 5.97 Å². The fourth-order valence-electron chi connectivity index (χ4n) is 1.28. The van der Waals surface area contributed by atoms with Crippen LogP contribution in [0.4, 0.5) is 17.6 Å². The Morgan fingerprint density at radius 3 is 2.17 bits per heavy atom. The molecule has 0 aliphatic heterocycles. The molecule has 0 spiro atoms. The van der Waals surface area contributed by atoms with Crippen molar-refractivity contribution in [3.63, 3.8) is 0 Å². The molecule has 100 valence electrons. The van der Waals surface area contributed by atoms with Gasteiger partial charge in [0.25, 0.3) is 0 Å². The number of carbonyl (C=O) groups is 1. The number of benzene rings is 1. The molecule has 0 aliphatic carbocycles. The topological polar surface area (TPSA) is 46.5 Å². The molecule has 0 bridgehead atoms. The van der Waals surface area contributed by atoms with Gasteiger partial charge in [-0.05, 0) is 13.3 Å². The zero-order chi connectivity index (χ0) is 14.0. The number of ether oxygens (including phenoxy) is 1. The minimum Gasteiger partial charge on any atom is -0.479 e. The molecule has 3 nitrogen and oxygen atoms in total. The van der Waals surface area contributed by atoms with E-state index in [0.29, 0.717) is 0 Å². The van der Waals surface area contributed by atoms with Crippen LogP contribution in [0, 0.1) is 30.2 Å². The monoisotopic (exact) mass is 266 g/mol. The van der Waals surface area contributed by atoms with Gasteiger partial charge in [-0.15, -0.1) is 0 Å². The summed E-state index contributed by atoms with van der Waals surface area (Å²) in [4.78, 5) is 10.7. The lowest BCUT2D eigenvalue weighted by molar-refractivity contribution is -0.145. The summed E-state index contributed by atoms with van der Waals surface area (Å²) < 4.78 is 57.4. The van der Waals surface area contributed by atoms with E-state index in [2.05, 4.69) is 4.74 Å². The summed E-state index contributed by atoms with van der Waals surface area (Å²) in [6, 6.07) is 0. The number of halogens is 4. The Hall–Kier alpha value is -1.79. The molecule has 18 heavy (non-hydrogen) atoms. The molecule has 0 radical (unpaired) electrons. The van der Waals surface area contributed by atoms with E-state index in [1.54, 1.807) is 0 Å². The van der Waals surface area contributed by atoms with E-state index in [1.165, 1.54) is 6.92 Å². The number of aliphatic carboxylic acids is 1. The Balaban J connectivity index is 3.29. The Bertz CT molecular complexity index is 459. The lowest BCUT2D eigenvalue weighted by Gasteiger charge is -2.16. The predicted octanol–water partition coefficient (Wildman–Crippen LogP) is 2.79. The Labute approximate surface area is 100.0 Å². The van der Waals surface area contributed by atoms with Gasteiger partial charge in [-0.3, -0.25) is 0 Å². The van der Waals surface area contributed by atoms with Crippen molar-refractivity contribution in [3.8, 4) is 5.75 Å². The molecule has 1 unspecified atom stereocenters. The van der Waals surface area contributed by atoms with Crippen LogP contribution in [-0.2, 0) is 4.79 Å². The van der Waals surface area contributed by atoms with Crippen molar-refractivity contribution in [2.24, 2.45) is 0 Å². The molecule has 1 atom stereocenters. The van der Waals surface area contributed by atoms with Crippen LogP contribution in [-0.4, -0.2) is 17.2 Å². The van der Waals surface area contributed by atoms with Crippen molar-refractivity contribution in [1.82, 2.24) is 0 Å². The van der Waals surface area contributed by atoms with Crippen molar-refractivity contribution in [3.05, 3.63) is 28.8 Å². The van der Waals surface area contributed by atoms with E-state index in [-0.39, 0.29) is 6.42 Å². The van der Waals surface area contributed by atoms with E-state index in [1.807, 2.05) is 0 Å². The molecular weight excluding hydrogens is 256 g/mol. The van der Waals surface area contributed by atoms with Crippen LogP contribution in [0.5, 0.6) is 5.75 Å². The Kier molecular flexibility index (Phi) is 4.15. The lowest BCUT2D eigenvalue weighted by atomic mass is 10.2. The zero-order valence-electron chi connectivity index (χ0n) is 9.56. The maximum Gasteiger partial charge on any atom is 0.344 e. The number of rotatable bonds is 4.